The molecule has 0 atom stereocenters. The second kappa shape index (κ2) is 5.53. The van der Waals surface area contributed by atoms with Gasteiger partial charge in [0.2, 0.25) is 0 Å². The van der Waals surface area contributed by atoms with Gasteiger partial charge in [-0.25, -0.2) is 4.79 Å². The molecular formula is C18H15NO3. The standard InChI is InChI=1S/C18H15NO3/c1-2-10-19-16(9-8-15(17(19)20)18(21)22)14-7-6-12-4-3-5-13(12)11-14/h1,6-9,11H,3-5,10H2,(H,21,22). The fraction of sp³-hybridized carbons (Fsp3) is 0.222. The third-order valence-electron chi connectivity index (χ3n) is 4.05. The zero-order valence-electron chi connectivity index (χ0n) is 12.0. The molecular weight excluding hydrogens is 278 g/mol. The minimum Gasteiger partial charge on any atom is -0.477 e. The summed E-state index contributed by atoms with van der Waals surface area (Å²) in [6.45, 7) is 0.0480. The maximum Gasteiger partial charge on any atom is 0.341 e. The highest BCUT2D eigenvalue weighted by atomic mass is 16.4. The van der Waals surface area contributed by atoms with Gasteiger partial charge >= 0.3 is 5.97 Å². The Morgan fingerprint density at radius 3 is 2.73 bits per heavy atom. The van der Waals surface area contributed by atoms with E-state index in [9.17, 15) is 9.59 Å². The van der Waals surface area contributed by atoms with Crippen molar-refractivity contribution in [2.24, 2.45) is 0 Å². The van der Waals surface area contributed by atoms with Crippen molar-refractivity contribution in [1.82, 2.24) is 4.57 Å². The van der Waals surface area contributed by atoms with Crippen molar-refractivity contribution in [3.05, 3.63) is 57.4 Å². The van der Waals surface area contributed by atoms with Crippen LogP contribution < -0.4 is 5.56 Å². The Labute approximate surface area is 128 Å². The van der Waals surface area contributed by atoms with Crippen molar-refractivity contribution in [2.45, 2.75) is 25.8 Å². The number of rotatable bonds is 3. The maximum absolute atomic E-state index is 12.3. The molecule has 1 heterocycles. The van der Waals surface area contributed by atoms with Gasteiger partial charge in [0.25, 0.3) is 5.56 Å². The quantitative estimate of drug-likeness (QED) is 0.884. The Morgan fingerprint density at radius 1 is 1.23 bits per heavy atom. The number of carboxylic acids is 1. The molecule has 22 heavy (non-hydrogen) atoms. The second-order valence-corrected chi connectivity index (χ2v) is 5.37. The fourth-order valence-corrected chi connectivity index (χ4v) is 2.97. The van der Waals surface area contributed by atoms with Gasteiger partial charge in [0.05, 0.1) is 12.2 Å². The van der Waals surface area contributed by atoms with Gasteiger partial charge < -0.3 is 5.11 Å². The first-order chi connectivity index (χ1) is 10.6. The number of hydrogen-bond acceptors (Lipinski definition) is 2. The number of carbonyl (C=O) groups is 1. The fourth-order valence-electron chi connectivity index (χ4n) is 2.97. The van der Waals surface area contributed by atoms with E-state index in [1.54, 1.807) is 6.07 Å². The van der Waals surface area contributed by atoms with Gasteiger partial charge in [-0.15, -0.1) is 6.42 Å². The SMILES string of the molecule is C#CCn1c(-c2ccc3c(c2)CCC3)ccc(C(=O)O)c1=O. The van der Waals surface area contributed by atoms with E-state index in [1.165, 1.54) is 21.8 Å². The molecule has 0 aliphatic heterocycles. The van der Waals surface area contributed by atoms with Crippen molar-refractivity contribution in [3.8, 4) is 23.6 Å². The summed E-state index contributed by atoms with van der Waals surface area (Å²) < 4.78 is 1.35. The van der Waals surface area contributed by atoms with Crippen LogP contribution in [0.2, 0.25) is 0 Å². The number of hydrogen-bond donors (Lipinski definition) is 1. The third-order valence-corrected chi connectivity index (χ3v) is 4.05. The average Bonchev–Trinajstić information content (AvgIpc) is 2.96. The lowest BCUT2D eigenvalue weighted by Gasteiger charge is -2.12. The topological polar surface area (TPSA) is 59.3 Å². The molecule has 0 saturated carbocycles. The molecule has 4 heteroatoms. The predicted octanol–water partition coefficient (Wildman–Crippen LogP) is 2.34. The van der Waals surface area contributed by atoms with Crippen LogP contribution in [0, 0.1) is 12.3 Å². The number of aromatic nitrogens is 1. The highest BCUT2D eigenvalue weighted by molar-refractivity contribution is 5.87. The number of aromatic carboxylic acids is 1. The van der Waals surface area contributed by atoms with E-state index in [2.05, 4.69) is 18.1 Å². The van der Waals surface area contributed by atoms with Crippen LogP contribution in [0.5, 0.6) is 0 Å². The summed E-state index contributed by atoms with van der Waals surface area (Å²) in [5.41, 5.74) is 3.35. The molecule has 0 unspecified atom stereocenters. The largest absolute Gasteiger partial charge is 0.477 e. The minimum absolute atomic E-state index is 0.0480. The smallest absolute Gasteiger partial charge is 0.341 e. The third kappa shape index (κ3) is 2.31. The molecule has 1 aliphatic carbocycles. The Kier molecular flexibility index (Phi) is 3.56. The van der Waals surface area contributed by atoms with Crippen molar-refractivity contribution in [2.75, 3.05) is 0 Å². The van der Waals surface area contributed by atoms with Crippen LogP contribution >= 0.6 is 0 Å². The van der Waals surface area contributed by atoms with Crippen molar-refractivity contribution in [3.63, 3.8) is 0 Å². The van der Waals surface area contributed by atoms with E-state index < -0.39 is 11.5 Å². The zero-order chi connectivity index (χ0) is 15.7. The van der Waals surface area contributed by atoms with E-state index >= 15 is 0 Å². The average molecular weight is 293 g/mol. The van der Waals surface area contributed by atoms with E-state index in [1.807, 2.05) is 6.07 Å². The summed E-state index contributed by atoms with van der Waals surface area (Å²) in [7, 11) is 0. The Morgan fingerprint density at radius 2 is 2.00 bits per heavy atom. The molecule has 0 amide bonds. The number of terminal acetylenes is 1. The molecule has 1 aliphatic rings. The van der Waals surface area contributed by atoms with Crippen LogP contribution in [0.1, 0.15) is 27.9 Å². The number of pyridine rings is 1. The maximum atomic E-state index is 12.3. The van der Waals surface area contributed by atoms with Crippen LogP contribution in [0.25, 0.3) is 11.3 Å². The van der Waals surface area contributed by atoms with E-state index in [4.69, 9.17) is 11.5 Å². The number of carboxylic acid groups (broad SMARTS) is 1. The summed E-state index contributed by atoms with van der Waals surface area (Å²) in [5, 5.41) is 9.08. The lowest BCUT2D eigenvalue weighted by Crippen LogP contribution is -2.27. The van der Waals surface area contributed by atoms with Crippen LogP contribution in [-0.4, -0.2) is 15.6 Å². The summed E-state index contributed by atoms with van der Waals surface area (Å²) in [4.78, 5) is 23.4. The van der Waals surface area contributed by atoms with Gasteiger partial charge in [-0.05, 0) is 54.2 Å². The Bertz CT molecular complexity index is 856. The van der Waals surface area contributed by atoms with Crippen molar-refractivity contribution < 1.29 is 9.90 Å². The summed E-state index contributed by atoms with van der Waals surface area (Å²) in [6, 6.07) is 9.11. The first-order valence-corrected chi connectivity index (χ1v) is 7.14. The van der Waals surface area contributed by atoms with E-state index in [-0.39, 0.29) is 12.1 Å². The lowest BCUT2D eigenvalue weighted by molar-refractivity contribution is 0.0694. The molecule has 110 valence electrons. The van der Waals surface area contributed by atoms with Gasteiger partial charge in [0, 0.05) is 0 Å². The molecule has 0 fully saturated rings. The number of benzene rings is 1. The van der Waals surface area contributed by atoms with Crippen LogP contribution in [0.4, 0.5) is 0 Å². The van der Waals surface area contributed by atoms with Crippen LogP contribution in [0.3, 0.4) is 0 Å². The van der Waals surface area contributed by atoms with Gasteiger partial charge in [0.1, 0.15) is 5.56 Å². The molecule has 3 rings (SSSR count). The van der Waals surface area contributed by atoms with E-state index in [0.29, 0.717) is 5.69 Å². The van der Waals surface area contributed by atoms with Crippen LogP contribution in [0.15, 0.2) is 35.1 Å². The monoisotopic (exact) mass is 293 g/mol. The predicted molar refractivity (Wildman–Crippen MR) is 84.0 cm³/mol. The number of nitrogens with zero attached hydrogens (tertiary/aromatic N) is 1. The van der Waals surface area contributed by atoms with Crippen LogP contribution in [-0.2, 0) is 19.4 Å². The van der Waals surface area contributed by atoms with Gasteiger partial charge in [-0.2, -0.15) is 0 Å². The summed E-state index contributed by atoms with van der Waals surface area (Å²) >= 11 is 0. The highest BCUT2D eigenvalue weighted by Crippen LogP contribution is 2.27. The molecule has 4 nitrogen and oxygen atoms in total. The normalized spacial score (nSPS) is 12.7. The van der Waals surface area contributed by atoms with Gasteiger partial charge in [0.15, 0.2) is 0 Å². The molecule has 1 aromatic heterocycles. The number of aryl methyl sites for hydroxylation is 2. The van der Waals surface area contributed by atoms with Crippen molar-refractivity contribution >= 4 is 5.97 Å². The summed E-state index contributed by atoms with van der Waals surface area (Å²) in [6.07, 6.45) is 8.61. The summed E-state index contributed by atoms with van der Waals surface area (Å²) in [5.74, 6) is 1.18. The molecule has 0 spiro atoms. The van der Waals surface area contributed by atoms with E-state index in [0.717, 1.165) is 24.8 Å². The van der Waals surface area contributed by atoms with Gasteiger partial charge in [-0.1, -0.05) is 18.1 Å². The van der Waals surface area contributed by atoms with Crippen molar-refractivity contribution in [1.29, 1.82) is 0 Å². The van der Waals surface area contributed by atoms with Gasteiger partial charge in [-0.3, -0.25) is 9.36 Å². The highest BCUT2D eigenvalue weighted by Gasteiger charge is 2.16. The first kappa shape index (κ1) is 14.2. The second-order valence-electron chi connectivity index (χ2n) is 5.37. The number of fused-ring (bicyclic) bond motifs is 1. The lowest BCUT2D eigenvalue weighted by atomic mass is 10.0. The molecule has 0 saturated heterocycles. The molecule has 1 aromatic carbocycles. The molecule has 2 aromatic rings. The Balaban J connectivity index is 2.18. The molecule has 0 bridgehead atoms. The molecule has 1 N–H and O–H groups in total. The Hall–Kier alpha value is -2.80. The zero-order valence-corrected chi connectivity index (χ0v) is 12.0. The first-order valence-electron chi connectivity index (χ1n) is 7.14. The minimum atomic E-state index is -1.24. The molecule has 0 radical (unpaired) electrons.